The number of alkyl halides is 2. The van der Waals surface area contributed by atoms with Gasteiger partial charge in [0.25, 0.3) is 0 Å². The number of nitrogens with zero attached hydrogens (tertiary/aromatic N) is 3. The molecule has 0 N–H and O–H groups in total. The Bertz CT molecular complexity index is 1230. The maximum absolute atomic E-state index is 13.0. The Balaban J connectivity index is 1.57. The molecule has 8 nitrogen and oxygen atoms in total. The quantitative estimate of drug-likeness (QED) is 0.633. The first-order valence-electron chi connectivity index (χ1n) is 10.9. The molecular formula is C23H25F2N3O5S. The second kappa shape index (κ2) is 8.38. The first kappa shape index (κ1) is 22.9. The van der Waals surface area contributed by atoms with Crippen LogP contribution in [0.2, 0.25) is 0 Å². The predicted octanol–water partition coefficient (Wildman–Crippen LogP) is 3.59. The molecule has 0 aromatic heterocycles. The van der Waals surface area contributed by atoms with Gasteiger partial charge in [-0.3, -0.25) is 0 Å². The summed E-state index contributed by atoms with van der Waals surface area (Å²) in [5.74, 6) is 1.24. The lowest BCUT2D eigenvalue weighted by molar-refractivity contribution is -0.144. The van der Waals surface area contributed by atoms with E-state index in [1.54, 1.807) is 25.3 Å². The van der Waals surface area contributed by atoms with Crippen LogP contribution in [0.15, 0.2) is 47.6 Å². The van der Waals surface area contributed by atoms with Crippen LogP contribution < -0.4 is 14.2 Å². The van der Waals surface area contributed by atoms with Gasteiger partial charge in [0, 0.05) is 43.5 Å². The predicted molar refractivity (Wildman–Crippen MR) is 121 cm³/mol. The molecule has 0 amide bonds. The van der Waals surface area contributed by atoms with Gasteiger partial charge in [-0.2, -0.15) is 13.9 Å². The van der Waals surface area contributed by atoms with Gasteiger partial charge in [0.15, 0.2) is 11.5 Å². The van der Waals surface area contributed by atoms with E-state index in [1.807, 2.05) is 23.2 Å². The van der Waals surface area contributed by atoms with E-state index >= 15 is 0 Å². The van der Waals surface area contributed by atoms with E-state index in [1.165, 1.54) is 16.6 Å². The van der Waals surface area contributed by atoms with E-state index in [2.05, 4.69) is 0 Å². The summed E-state index contributed by atoms with van der Waals surface area (Å²) in [6.45, 7) is -2.39. The molecule has 1 saturated heterocycles. The molecule has 0 saturated carbocycles. The van der Waals surface area contributed by atoms with Crippen LogP contribution in [0.5, 0.6) is 17.2 Å². The molecule has 1 fully saturated rings. The molecule has 3 aliphatic rings. The number of methoxy groups -OCH3 is 1. The van der Waals surface area contributed by atoms with E-state index in [0.717, 1.165) is 5.56 Å². The van der Waals surface area contributed by atoms with Crippen LogP contribution in [0.1, 0.15) is 36.4 Å². The monoisotopic (exact) mass is 493 g/mol. The van der Waals surface area contributed by atoms with Crippen LogP contribution in [-0.4, -0.2) is 62.2 Å². The maximum atomic E-state index is 13.0. The zero-order valence-electron chi connectivity index (χ0n) is 18.8. The number of hydrogen-bond donors (Lipinski definition) is 0. The fourth-order valence-corrected chi connectivity index (χ4v) is 5.84. The number of piperidine rings is 1. The molecule has 3 aliphatic heterocycles. The number of rotatable bonds is 5. The van der Waals surface area contributed by atoms with E-state index in [0.29, 0.717) is 42.0 Å². The first-order chi connectivity index (χ1) is 16.2. The lowest BCUT2D eigenvalue weighted by Crippen LogP contribution is -2.59. The highest BCUT2D eigenvalue weighted by molar-refractivity contribution is 7.88. The van der Waals surface area contributed by atoms with Gasteiger partial charge in [-0.05, 0) is 18.2 Å². The third kappa shape index (κ3) is 3.86. The number of hydrazone groups is 1. The summed E-state index contributed by atoms with van der Waals surface area (Å²) in [6, 6.07) is 12.0. The summed E-state index contributed by atoms with van der Waals surface area (Å²) in [5.41, 5.74) is 1.07. The van der Waals surface area contributed by atoms with E-state index in [-0.39, 0.29) is 24.9 Å². The SMILES string of the molecule is COc1cccc2c1OC1(CCN(S(C)(=O)=O)CC1)N1N=C(c3ccccc3OC(F)F)CC21. The number of hydrogen-bond acceptors (Lipinski definition) is 7. The highest BCUT2D eigenvalue weighted by Crippen LogP contribution is 2.53. The molecule has 2 aromatic rings. The Morgan fingerprint density at radius 3 is 2.50 bits per heavy atom. The van der Waals surface area contributed by atoms with Gasteiger partial charge < -0.3 is 14.2 Å². The Morgan fingerprint density at radius 2 is 1.82 bits per heavy atom. The van der Waals surface area contributed by atoms with Crippen LogP contribution >= 0.6 is 0 Å². The van der Waals surface area contributed by atoms with Gasteiger partial charge in [0.1, 0.15) is 5.75 Å². The summed E-state index contributed by atoms with van der Waals surface area (Å²) in [5, 5.41) is 6.74. The Morgan fingerprint density at radius 1 is 1.12 bits per heavy atom. The Hall–Kier alpha value is -2.92. The standard InChI is InChI=1S/C23H25F2N3O5S/c1-31-20-9-5-7-16-18-14-17(15-6-3-4-8-19(15)32-22(24)25)26-28(18)23(33-21(16)20)10-12-27(13-11-23)34(2,29)30/h3-9,18,22H,10-14H2,1-2H3. The van der Waals surface area contributed by atoms with Crippen molar-refractivity contribution in [3.63, 3.8) is 0 Å². The summed E-state index contributed by atoms with van der Waals surface area (Å²) >= 11 is 0. The molecular weight excluding hydrogens is 468 g/mol. The van der Waals surface area contributed by atoms with Crippen molar-refractivity contribution >= 4 is 15.7 Å². The van der Waals surface area contributed by atoms with Crippen molar-refractivity contribution in [1.82, 2.24) is 9.31 Å². The minimum Gasteiger partial charge on any atom is -0.493 e. The number of halogens is 2. The number of para-hydroxylation sites is 2. The normalized spacial score (nSPS) is 21.6. The topological polar surface area (TPSA) is 80.7 Å². The average molecular weight is 494 g/mol. The smallest absolute Gasteiger partial charge is 0.387 e. The Kier molecular flexibility index (Phi) is 5.64. The fourth-order valence-electron chi connectivity index (χ4n) is 4.99. The number of fused-ring (bicyclic) bond motifs is 4. The maximum Gasteiger partial charge on any atom is 0.387 e. The number of ether oxygens (including phenoxy) is 3. The minimum atomic E-state index is -3.34. The second-order valence-corrected chi connectivity index (χ2v) is 10.6. The van der Waals surface area contributed by atoms with Crippen molar-refractivity contribution in [3.8, 4) is 17.2 Å². The second-order valence-electron chi connectivity index (χ2n) is 8.57. The minimum absolute atomic E-state index is 0.0591. The molecule has 3 heterocycles. The summed E-state index contributed by atoms with van der Waals surface area (Å²) < 4.78 is 68.5. The molecule has 0 bridgehead atoms. The van der Waals surface area contributed by atoms with Gasteiger partial charge in [-0.1, -0.05) is 24.3 Å². The lowest BCUT2D eigenvalue weighted by atomic mass is 9.91. The summed E-state index contributed by atoms with van der Waals surface area (Å²) in [4.78, 5) is 0. The lowest BCUT2D eigenvalue weighted by Gasteiger charge is -2.50. The van der Waals surface area contributed by atoms with E-state index in [9.17, 15) is 17.2 Å². The molecule has 5 rings (SSSR count). The molecule has 1 unspecified atom stereocenters. The number of sulfonamides is 1. The van der Waals surface area contributed by atoms with Gasteiger partial charge >= 0.3 is 6.61 Å². The van der Waals surface area contributed by atoms with Gasteiger partial charge in [0.05, 0.1) is 25.1 Å². The van der Waals surface area contributed by atoms with Crippen LogP contribution in [0, 0.1) is 0 Å². The molecule has 182 valence electrons. The largest absolute Gasteiger partial charge is 0.493 e. The van der Waals surface area contributed by atoms with Crippen molar-refractivity contribution in [2.45, 2.75) is 37.6 Å². The molecule has 1 atom stereocenters. The summed E-state index contributed by atoms with van der Waals surface area (Å²) in [7, 11) is -1.77. The van der Waals surface area contributed by atoms with Crippen molar-refractivity contribution in [3.05, 3.63) is 53.6 Å². The van der Waals surface area contributed by atoms with Crippen LogP contribution in [0.3, 0.4) is 0 Å². The third-order valence-electron chi connectivity index (χ3n) is 6.59. The number of benzene rings is 2. The van der Waals surface area contributed by atoms with Crippen molar-refractivity contribution in [2.24, 2.45) is 5.10 Å². The molecule has 11 heteroatoms. The zero-order valence-corrected chi connectivity index (χ0v) is 19.6. The van der Waals surface area contributed by atoms with E-state index < -0.39 is 22.4 Å². The van der Waals surface area contributed by atoms with Gasteiger partial charge in [-0.15, -0.1) is 0 Å². The van der Waals surface area contributed by atoms with Gasteiger partial charge in [0.2, 0.25) is 15.7 Å². The zero-order chi connectivity index (χ0) is 24.1. The third-order valence-corrected chi connectivity index (χ3v) is 7.90. The average Bonchev–Trinajstić information content (AvgIpc) is 3.25. The van der Waals surface area contributed by atoms with Crippen LogP contribution in [0.4, 0.5) is 8.78 Å². The highest BCUT2D eigenvalue weighted by Gasteiger charge is 2.53. The van der Waals surface area contributed by atoms with Crippen molar-refractivity contribution in [1.29, 1.82) is 0 Å². The molecule has 0 aliphatic carbocycles. The first-order valence-corrected chi connectivity index (χ1v) is 12.8. The molecule has 34 heavy (non-hydrogen) atoms. The molecule has 0 radical (unpaired) electrons. The molecule has 2 aromatic carbocycles. The highest BCUT2D eigenvalue weighted by atomic mass is 32.2. The van der Waals surface area contributed by atoms with Crippen molar-refractivity contribution < 1.29 is 31.4 Å². The van der Waals surface area contributed by atoms with Crippen LogP contribution in [0.25, 0.3) is 0 Å². The fraction of sp³-hybridized carbons (Fsp3) is 0.435. The summed E-state index contributed by atoms with van der Waals surface area (Å²) in [6.07, 6.45) is 2.42. The Labute approximate surface area is 196 Å². The van der Waals surface area contributed by atoms with Crippen LogP contribution in [-0.2, 0) is 10.0 Å². The van der Waals surface area contributed by atoms with E-state index in [4.69, 9.17) is 19.3 Å². The van der Waals surface area contributed by atoms with Gasteiger partial charge in [-0.25, -0.2) is 17.7 Å². The van der Waals surface area contributed by atoms with Crippen molar-refractivity contribution in [2.75, 3.05) is 26.5 Å². The molecule has 1 spiro atoms.